The number of nitrogens with two attached hydrogens (primary N) is 1. The first-order valence-electron chi connectivity index (χ1n) is 4.55. The van der Waals surface area contributed by atoms with Crippen LogP contribution in [0.5, 0.6) is 0 Å². The maximum atomic E-state index is 5.77. The molecular weight excluding hydrogens is 198 g/mol. The van der Waals surface area contributed by atoms with Gasteiger partial charge in [-0.3, -0.25) is 5.01 Å². The van der Waals surface area contributed by atoms with Crippen molar-refractivity contribution in [1.82, 2.24) is 10.3 Å². The van der Waals surface area contributed by atoms with Crippen molar-refractivity contribution in [3.05, 3.63) is 0 Å². The molecule has 1 unspecified atom stereocenters. The second-order valence-corrected chi connectivity index (χ2v) is 4.16. The molecule has 0 aromatic carbocycles. The van der Waals surface area contributed by atoms with Crippen LogP contribution in [0.1, 0.15) is 20.8 Å². The summed E-state index contributed by atoms with van der Waals surface area (Å²) in [5.41, 5.74) is 0. The summed E-state index contributed by atoms with van der Waals surface area (Å²) >= 11 is 1.52. The number of hydrogen-bond acceptors (Lipinski definition) is 6. The minimum atomic E-state index is -0.0591. The molecule has 3 N–H and O–H groups in total. The Labute approximate surface area is 88.8 Å². The lowest BCUT2D eigenvalue weighted by Gasteiger charge is -2.28. The van der Waals surface area contributed by atoms with E-state index in [1.807, 2.05) is 13.2 Å². The molecule has 0 aromatic heterocycles. The van der Waals surface area contributed by atoms with Gasteiger partial charge < -0.3 is 5.32 Å². The molecule has 0 aromatic rings. The Kier molecular flexibility index (Phi) is 3.77. The molecule has 1 heterocycles. The first kappa shape index (κ1) is 11.3. The van der Waals surface area contributed by atoms with Gasteiger partial charge in [-0.25, -0.2) is 10.8 Å². The van der Waals surface area contributed by atoms with Crippen molar-refractivity contribution in [2.75, 3.05) is 6.26 Å². The molecule has 0 spiro atoms. The second-order valence-electron chi connectivity index (χ2n) is 3.39. The third-order valence-corrected chi connectivity index (χ3v) is 2.40. The van der Waals surface area contributed by atoms with Crippen molar-refractivity contribution >= 4 is 22.9 Å². The van der Waals surface area contributed by atoms with E-state index in [2.05, 4.69) is 29.1 Å². The summed E-state index contributed by atoms with van der Waals surface area (Å²) in [6.07, 6.45) is 1.89. The van der Waals surface area contributed by atoms with Crippen LogP contribution in [0, 0.1) is 0 Å². The topological polar surface area (TPSA) is 66.0 Å². The molecule has 1 rings (SSSR count). The predicted molar refractivity (Wildman–Crippen MR) is 62.1 cm³/mol. The Morgan fingerprint density at radius 2 is 2.21 bits per heavy atom. The Balaban J connectivity index is 2.78. The van der Waals surface area contributed by atoms with Gasteiger partial charge >= 0.3 is 0 Å². The summed E-state index contributed by atoms with van der Waals surface area (Å²) in [6.45, 7) is 6.04. The van der Waals surface area contributed by atoms with Crippen molar-refractivity contribution in [3.8, 4) is 0 Å². The van der Waals surface area contributed by atoms with Crippen LogP contribution in [0.3, 0.4) is 0 Å². The van der Waals surface area contributed by atoms with Crippen LogP contribution in [-0.2, 0) is 0 Å². The molecular formula is C8H17N5S. The molecule has 0 radical (unpaired) electrons. The highest BCUT2D eigenvalue weighted by Gasteiger charge is 2.19. The fourth-order valence-corrected chi connectivity index (χ4v) is 1.60. The Bertz CT molecular complexity index is 260. The van der Waals surface area contributed by atoms with Gasteiger partial charge in [0.25, 0.3) is 0 Å². The number of guanidine groups is 1. The fraction of sp³-hybridized carbons (Fsp3) is 0.750. The monoisotopic (exact) mass is 215 g/mol. The molecule has 0 bridgehead atoms. The van der Waals surface area contributed by atoms with E-state index < -0.39 is 0 Å². The predicted octanol–water partition coefficient (Wildman–Crippen LogP) is 0.595. The molecule has 0 fully saturated rings. The van der Waals surface area contributed by atoms with Gasteiger partial charge in [-0.15, -0.1) is 0 Å². The number of hydrogen-bond donors (Lipinski definition) is 2. The van der Waals surface area contributed by atoms with Crippen molar-refractivity contribution in [2.24, 2.45) is 15.8 Å². The molecule has 0 aliphatic carbocycles. The average molecular weight is 215 g/mol. The lowest BCUT2D eigenvalue weighted by atomic mass is 10.4. The van der Waals surface area contributed by atoms with E-state index in [9.17, 15) is 0 Å². The van der Waals surface area contributed by atoms with E-state index in [4.69, 9.17) is 5.84 Å². The Morgan fingerprint density at radius 3 is 2.71 bits per heavy atom. The van der Waals surface area contributed by atoms with Crippen LogP contribution in [0.4, 0.5) is 0 Å². The van der Waals surface area contributed by atoms with Gasteiger partial charge in [-0.2, -0.15) is 4.99 Å². The Morgan fingerprint density at radius 1 is 1.57 bits per heavy atom. The molecule has 6 heteroatoms. The van der Waals surface area contributed by atoms with Gasteiger partial charge in [-0.05, 0) is 27.0 Å². The minimum absolute atomic E-state index is 0.0591. The van der Waals surface area contributed by atoms with Crippen LogP contribution in [0.15, 0.2) is 9.98 Å². The maximum absolute atomic E-state index is 5.77. The number of nitrogens with one attached hydrogen (secondary N) is 1. The van der Waals surface area contributed by atoms with Crippen LogP contribution in [0.2, 0.25) is 0 Å². The van der Waals surface area contributed by atoms with Crippen LogP contribution in [0.25, 0.3) is 0 Å². The molecule has 0 amide bonds. The molecule has 1 aliphatic rings. The fourth-order valence-electron chi connectivity index (χ4n) is 1.05. The molecule has 80 valence electrons. The number of nitrogens with zero attached hydrogens (tertiary/aromatic N) is 3. The van der Waals surface area contributed by atoms with E-state index in [-0.39, 0.29) is 6.17 Å². The van der Waals surface area contributed by atoms with Gasteiger partial charge in [0.15, 0.2) is 5.17 Å². The summed E-state index contributed by atoms with van der Waals surface area (Å²) in [5, 5.41) is 5.52. The normalized spacial score (nSPS) is 22.1. The molecule has 1 atom stereocenters. The lowest BCUT2D eigenvalue weighted by Crippen LogP contribution is -2.47. The van der Waals surface area contributed by atoms with Gasteiger partial charge in [0.2, 0.25) is 5.96 Å². The molecule has 0 saturated heterocycles. The lowest BCUT2D eigenvalue weighted by molar-refractivity contribution is 0.351. The van der Waals surface area contributed by atoms with E-state index in [0.717, 1.165) is 5.17 Å². The zero-order valence-corrected chi connectivity index (χ0v) is 9.80. The maximum Gasteiger partial charge on any atom is 0.222 e. The van der Waals surface area contributed by atoms with E-state index in [0.29, 0.717) is 12.0 Å². The summed E-state index contributed by atoms with van der Waals surface area (Å²) in [5.74, 6) is 6.44. The summed E-state index contributed by atoms with van der Waals surface area (Å²) in [4.78, 5) is 8.60. The van der Waals surface area contributed by atoms with Crippen LogP contribution in [-0.4, -0.2) is 34.6 Å². The second kappa shape index (κ2) is 4.65. The van der Waals surface area contributed by atoms with E-state index in [1.165, 1.54) is 11.8 Å². The first-order chi connectivity index (χ1) is 6.54. The summed E-state index contributed by atoms with van der Waals surface area (Å²) in [6, 6.07) is 0.331. The van der Waals surface area contributed by atoms with Gasteiger partial charge in [0.05, 0.1) is 0 Å². The van der Waals surface area contributed by atoms with Crippen molar-refractivity contribution in [1.29, 1.82) is 0 Å². The zero-order valence-electron chi connectivity index (χ0n) is 8.98. The van der Waals surface area contributed by atoms with E-state index in [1.54, 1.807) is 5.01 Å². The molecule has 5 nitrogen and oxygen atoms in total. The third-order valence-electron chi connectivity index (χ3n) is 1.73. The number of rotatable bonds is 1. The Hall–Kier alpha value is -0.750. The number of thioether (sulfide) groups is 1. The minimum Gasteiger partial charge on any atom is -0.352 e. The highest BCUT2D eigenvalue weighted by molar-refractivity contribution is 8.13. The largest absolute Gasteiger partial charge is 0.352 e. The van der Waals surface area contributed by atoms with Gasteiger partial charge in [0, 0.05) is 6.04 Å². The highest BCUT2D eigenvalue weighted by atomic mass is 32.2. The standard InChI is InChI=1S/C8H17N5S/c1-5(2)10-7-11-6(3)13(9)8(12-7)14-4/h5-6H,9H2,1-4H3,(H,10,11). The molecule has 1 aliphatic heterocycles. The van der Waals surface area contributed by atoms with Gasteiger partial charge in [-0.1, -0.05) is 11.8 Å². The van der Waals surface area contributed by atoms with Crippen molar-refractivity contribution in [2.45, 2.75) is 33.0 Å². The third kappa shape index (κ3) is 2.62. The van der Waals surface area contributed by atoms with Crippen LogP contribution < -0.4 is 11.2 Å². The smallest absolute Gasteiger partial charge is 0.222 e. The van der Waals surface area contributed by atoms with Crippen molar-refractivity contribution < 1.29 is 0 Å². The van der Waals surface area contributed by atoms with Crippen molar-refractivity contribution in [3.63, 3.8) is 0 Å². The molecule has 0 saturated carbocycles. The zero-order chi connectivity index (χ0) is 10.7. The summed E-state index contributed by atoms with van der Waals surface area (Å²) < 4.78 is 0. The number of amidine groups is 1. The summed E-state index contributed by atoms with van der Waals surface area (Å²) in [7, 11) is 0. The first-order valence-corrected chi connectivity index (χ1v) is 5.78. The number of aliphatic imine (C=N–C) groups is 2. The average Bonchev–Trinajstić information content (AvgIpc) is 2.10. The molecule has 14 heavy (non-hydrogen) atoms. The number of hydrazine groups is 1. The SMILES string of the molecule is CSC1=NC(NC(C)C)=NC(C)N1N. The highest BCUT2D eigenvalue weighted by Crippen LogP contribution is 2.11. The van der Waals surface area contributed by atoms with Crippen LogP contribution >= 0.6 is 11.8 Å². The van der Waals surface area contributed by atoms with Gasteiger partial charge in [0.1, 0.15) is 6.17 Å². The quantitative estimate of drug-likeness (QED) is 0.628. The van der Waals surface area contributed by atoms with E-state index >= 15 is 0 Å².